The Bertz CT molecular complexity index is 755. The van der Waals surface area contributed by atoms with E-state index in [-0.39, 0.29) is 11.9 Å². The number of rotatable bonds is 2. The highest BCUT2D eigenvalue weighted by Gasteiger charge is 2.46. The quantitative estimate of drug-likeness (QED) is 0.774. The van der Waals surface area contributed by atoms with Crippen molar-refractivity contribution in [3.63, 3.8) is 0 Å². The summed E-state index contributed by atoms with van der Waals surface area (Å²) in [4.78, 5) is 15.2. The maximum atomic E-state index is 13.2. The fourth-order valence-corrected chi connectivity index (χ4v) is 4.31. The van der Waals surface area contributed by atoms with Crippen molar-refractivity contribution >= 4 is 17.5 Å². The summed E-state index contributed by atoms with van der Waals surface area (Å²) >= 11 is 6.12. The lowest BCUT2D eigenvalue weighted by Gasteiger charge is -2.33. The number of nitrogens with zero attached hydrogens (tertiary/aromatic N) is 1. The first-order valence-corrected chi connectivity index (χ1v) is 8.53. The lowest BCUT2D eigenvalue weighted by Crippen LogP contribution is -2.43. The van der Waals surface area contributed by atoms with Crippen LogP contribution in [-0.4, -0.2) is 22.9 Å². The monoisotopic (exact) mass is 324 g/mol. The van der Waals surface area contributed by atoms with Gasteiger partial charge in [-0.3, -0.25) is 4.79 Å². The van der Waals surface area contributed by atoms with E-state index in [1.807, 2.05) is 53.4 Å². The molecule has 3 heteroatoms. The van der Waals surface area contributed by atoms with E-state index in [2.05, 4.69) is 6.92 Å². The van der Waals surface area contributed by atoms with Crippen molar-refractivity contribution in [2.45, 2.75) is 31.3 Å². The second kappa shape index (κ2) is 5.68. The number of carbonyl (C=O) groups excluding carboxylic acids is 1. The third kappa shape index (κ3) is 2.46. The summed E-state index contributed by atoms with van der Waals surface area (Å²) in [7, 11) is 0. The lowest BCUT2D eigenvalue weighted by molar-refractivity contribution is 0.0641. The van der Waals surface area contributed by atoms with Gasteiger partial charge in [0.25, 0.3) is 5.91 Å². The van der Waals surface area contributed by atoms with Gasteiger partial charge in [-0.1, -0.05) is 41.9 Å². The van der Waals surface area contributed by atoms with Gasteiger partial charge in [0.2, 0.25) is 0 Å². The fraction of sp³-hybridized carbons (Fsp3) is 0.300. The number of benzene rings is 2. The molecule has 2 nitrogen and oxygen atoms in total. The molecule has 0 spiro atoms. The number of amides is 1. The molecule has 0 N–H and O–H groups in total. The Kier molecular flexibility index (Phi) is 3.65. The number of hydrogen-bond acceptors (Lipinski definition) is 1. The minimum Gasteiger partial charge on any atom is -0.332 e. The number of piperidine rings is 1. The second-order valence-electron chi connectivity index (χ2n) is 6.56. The minimum absolute atomic E-state index is 0.104. The molecule has 23 heavy (non-hydrogen) atoms. The summed E-state index contributed by atoms with van der Waals surface area (Å²) in [6.07, 6.45) is 3.43. The van der Waals surface area contributed by atoms with E-state index < -0.39 is 0 Å². The minimum atomic E-state index is 0.104. The molecule has 1 aliphatic carbocycles. The van der Waals surface area contributed by atoms with E-state index in [1.165, 1.54) is 6.42 Å². The van der Waals surface area contributed by atoms with Crippen LogP contribution in [0.3, 0.4) is 0 Å². The van der Waals surface area contributed by atoms with Gasteiger partial charge >= 0.3 is 0 Å². The van der Waals surface area contributed by atoms with Crippen LogP contribution in [0.25, 0.3) is 11.1 Å². The molecule has 2 aliphatic rings. The normalized spacial score (nSPS) is 25.8. The summed E-state index contributed by atoms with van der Waals surface area (Å²) in [5, 5.41) is 0.681. The number of halogens is 1. The largest absolute Gasteiger partial charge is 0.332 e. The molecule has 0 unspecified atom stereocenters. The van der Waals surface area contributed by atoms with Crippen molar-refractivity contribution < 1.29 is 4.79 Å². The summed E-state index contributed by atoms with van der Waals surface area (Å²) < 4.78 is 0. The van der Waals surface area contributed by atoms with E-state index >= 15 is 0 Å². The van der Waals surface area contributed by atoms with Crippen LogP contribution < -0.4 is 0 Å². The first kappa shape index (κ1) is 14.8. The van der Waals surface area contributed by atoms with E-state index in [0.29, 0.717) is 17.0 Å². The highest BCUT2D eigenvalue weighted by Crippen LogP contribution is 2.43. The molecule has 2 bridgehead atoms. The molecule has 2 aromatic rings. The zero-order valence-corrected chi connectivity index (χ0v) is 13.7. The Morgan fingerprint density at radius 1 is 1.13 bits per heavy atom. The molecule has 3 atom stereocenters. The zero-order valence-electron chi connectivity index (χ0n) is 12.9. The predicted molar refractivity (Wildman–Crippen MR) is 93.3 cm³/mol. The number of likely N-dealkylation sites (tertiary alicyclic amines) is 1. The standard InChI is InChI=1S/C20H19ClNO/c1-13-14-9-10-17(12-14)22(13)20(23)19-8-3-2-7-18(19)15-5-4-6-16(21)11-15/h2-8,11,13-14,17H,1,9-10,12H2/t13-,14-,17+/m0/s1. The molecule has 1 heterocycles. The van der Waals surface area contributed by atoms with Gasteiger partial charge in [-0.25, -0.2) is 0 Å². The van der Waals surface area contributed by atoms with E-state index in [9.17, 15) is 4.79 Å². The molecule has 1 radical (unpaired) electrons. The molecule has 1 amide bonds. The summed E-state index contributed by atoms with van der Waals surface area (Å²) in [5.41, 5.74) is 2.66. The Morgan fingerprint density at radius 2 is 1.96 bits per heavy atom. The van der Waals surface area contributed by atoms with E-state index in [0.717, 1.165) is 29.5 Å². The Labute approximate surface area is 142 Å². The SMILES string of the molecule is [CH2][C@H]1[C@H]2CC[C@H](C2)N1C(=O)c1ccccc1-c1cccc(Cl)c1. The maximum absolute atomic E-state index is 13.2. The Morgan fingerprint density at radius 3 is 2.70 bits per heavy atom. The average Bonchev–Trinajstić information content (AvgIpc) is 3.15. The Hall–Kier alpha value is -1.80. The van der Waals surface area contributed by atoms with Crippen LogP contribution in [0.15, 0.2) is 48.5 Å². The van der Waals surface area contributed by atoms with Crippen molar-refractivity contribution in [3.05, 3.63) is 66.0 Å². The molecule has 117 valence electrons. The number of carbonyl (C=O) groups is 1. The molecule has 2 fully saturated rings. The summed E-state index contributed by atoms with van der Waals surface area (Å²) in [6.45, 7) is 4.25. The van der Waals surface area contributed by atoms with E-state index in [1.54, 1.807) is 0 Å². The molecular formula is C20H19ClNO. The topological polar surface area (TPSA) is 20.3 Å². The molecular weight excluding hydrogens is 306 g/mol. The van der Waals surface area contributed by atoms with Crippen LogP contribution in [0.4, 0.5) is 0 Å². The van der Waals surface area contributed by atoms with Gasteiger partial charge in [-0.2, -0.15) is 0 Å². The van der Waals surface area contributed by atoms with Gasteiger partial charge in [-0.15, -0.1) is 0 Å². The first-order valence-electron chi connectivity index (χ1n) is 8.16. The van der Waals surface area contributed by atoms with Gasteiger partial charge in [0.15, 0.2) is 0 Å². The van der Waals surface area contributed by atoms with E-state index in [4.69, 9.17) is 11.6 Å². The van der Waals surface area contributed by atoms with Gasteiger partial charge in [0.1, 0.15) is 0 Å². The van der Waals surface area contributed by atoms with Crippen LogP contribution >= 0.6 is 11.6 Å². The van der Waals surface area contributed by atoms with Crippen LogP contribution in [0, 0.1) is 12.8 Å². The van der Waals surface area contributed by atoms with Crippen LogP contribution in [0.2, 0.25) is 5.02 Å². The van der Waals surface area contributed by atoms with Crippen LogP contribution in [-0.2, 0) is 0 Å². The van der Waals surface area contributed by atoms with Crippen LogP contribution in [0.5, 0.6) is 0 Å². The van der Waals surface area contributed by atoms with Crippen molar-refractivity contribution in [2.24, 2.45) is 5.92 Å². The van der Waals surface area contributed by atoms with Crippen molar-refractivity contribution in [1.29, 1.82) is 0 Å². The number of hydrogen-bond donors (Lipinski definition) is 0. The highest BCUT2D eigenvalue weighted by atomic mass is 35.5. The number of fused-ring (bicyclic) bond motifs is 2. The van der Waals surface area contributed by atoms with Crippen molar-refractivity contribution in [2.75, 3.05) is 0 Å². The molecule has 1 aliphatic heterocycles. The zero-order chi connectivity index (χ0) is 16.0. The summed E-state index contributed by atoms with van der Waals surface area (Å²) in [5.74, 6) is 0.676. The molecule has 0 aromatic heterocycles. The predicted octanol–water partition coefficient (Wildman–Crippen LogP) is 4.83. The summed E-state index contributed by atoms with van der Waals surface area (Å²) in [6, 6.07) is 15.9. The second-order valence-corrected chi connectivity index (χ2v) is 7.00. The maximum Gasteiger partial charge on any atom is 0.254 e. The molecule has 1 saturated carbocycles. The molecule has 2 aromatic carbocycles. The highest BCUT2D eigenvalue weighted by molar-refractivity contribution is 6.30. The van der Waals surface area contributed by atoms with Crippen molar-refractivity contribution in [3.8, 4) is 11.1 Å². The van der Waals surface area contributed by atoms with Gasteiger partial charge in [0.05, 0.1) is 0 Å². The van der Waals surface area contributed by atoms with Gasteiger partial charge in [0, 0.05) is 22.7 Å². The smallest absolute Gasteiger partial charge is 0.254 e. The molecule has 4 rings (SSSR count). The van der Waals surface area contributed by atoms with Crippen LogP contribution in [0.1, 0.15) is 29.6 Å². The third-order valence-electron chi connectivity index (χ3n) is 5.27. The first-order chi connectivity index (χ1) is 11.1. The van der Waals surface area contributed by atoms with Gasteiger partial charge in [-0.05, 0) is 61.4 Å². The Balaban J connectivity index is 1.74. The third-order valence-corrected chi connectivity index (χ3v) is 5.50. The van der Waals surface area contributed by atoms with Gasteiger partial charge < -0.3 is 4.90 Å². The average molecular weight is 325 g/mol. The molecule has 1 saturated heterocycles. The van der Waals surface area contributed by atoms with Crippen molar-refractivity contribution in [1.82, 2.24) is 4.90 Å². The fourth-order valence-electron chi connectivity index (χ4n) is 4.12. The lowest BCUT2D eigenvalue weighted by atomic mass is 9.96.